The van der Waals surface area contributed by atoms with Crippen molar-refractivity contribution in [3.8, 4) is 0 Å². The van der Waals surface area contributed by atoms with Crippen LogP contribution in [-0.2, 0) is 4.74 Å². The Balaban J connectivity index is 2.46. The molecule has 1 aliphatic heterocycles. The van der Waals surface area contributed by atoms with Crippen molar-refractivity contribution in [1.82, 2.24) is 9.80 Å². The van der Waals surface area contributed by atoms with E-state index in [1.165, 1.54) is 11.8 Å². The summed E-state index contributed by atoms with van der Waals surface area (Å²) in [7, 11) is 4.00. The third-order valence-electron chi connectivity index (χ3n) is 3.66. The van der Waals surface area contributed by atoms with E-state index in [0.29, 0.717) is 17.0 Å². The van der Waals surface area contributed by atoms with E-state index in [-0.39, 0.29) is 0 Å². The minimum atomic E-state index is -0.396. The van der Waals surface area contributed by atoms with Gasteiger partial charge >= 0.3 is 0 Å². The Labute approximate surface area is 125 Å². The van der Waals surface area contributed by atoms with Crippen LogP contribution in [0.4, 0.5) is 0 Å². The molecule has 2 unspecified atom stereocenters. The van der Waals surface area contributed by atoms with E-state index in [9.17, 15) is 10.1 Å². The number of hydrogen-bond acceptors (Lipinski definition) is 6. The first kappa shape index (κ1) is 17.3. The van der Waals surface area contributed by atoms with Gasteiger partial charge in [-0.15, -0.1) is 11.8 Å². The SMILES string of the molecule is CSC(=C[N+](=O)[O-])N(C)CC(C)N(C)CC1CCOC1. The fourth-order valence-corrected chi connectivity index (χ4v) is 2.92. The Morgan fingerprint density at radius 3 is 2.80 bits per heavy atom. The van der Waals surface area contributed by atoms with Gasteiger partial charge in [0.05, 0.1) is 11.5 Å². The Hall–Kier alpha value is -0.790. The van der Waals surface area contributed by atoms with Crippen molar-refractivity contribution in [1.29, 1.82) is 0 Å². The zero-order valence-electron chi connectivity index (χ0n) is 12.7. The molecule has 0 aliphatic carbocycles. The number of thioether (sulfide) groups is 1. The molecule has 0 bridgehead atoms. The van der Waals surface area contributed by atoms with Crippen LogP contribution in [0, 0.1) is 16.0 Å². The molecule has 0 spiro atoms. The molecule has 0 aromatic carbocycles. The predicted molar refractivity (Wildman–Crippen MR) is 82.2 cm³/mol. The number of rotatable bonds is 8. The second-order valence-electron chi connectivity index (χ2n) is 5.36. The van der Waals surface area contributed by atoms with E-state index in [1.54, 1.807) is 0 Å². The first-order chi connectivity index (χ1) is 9.43. The summed E-state index contributed by atoms with van der Waals surface area (Å²) < 4.78 is 5.39. The maximum atomic E-state index is 10.6. The van der Waals surface area contributed by atoms with Crippen LogP contribution in [0.3, 0.4) is 0 Å². The molecule has 116 valence electrons. The lowest BCUT2D eigenvalue weighted by Crippen LogP contribution is -2.40. The molecule has 1 heterocycles. The molecule has 0 saturated carbocycles. The van der Waals surface area contributed by atoms with E-state index in [1.807, 2.05) is 18.2 Å². The molecular formula is C13H25N3O3S. The Morgan fingerprint density at radius 1 is 1.60 bits per heavy atom. The maximum Gasteiger partial charge on any atom is 0.264 e. The van der Waals surface area contributed by atoms with Gasteiger partial charge in [0.25, 0.3) is 6.20 Å². The monoisotopic (exact) mass is 303 g/mol. The van der Waals surface area contributed by atoms with Crippen LogP contribution in [0.15, 0.2) is 11.2 Å². The van der Waals surface area contributed by atoms with Crippen LogP contribution in [0.25, 0.3) is 0 Å². The minimum Gasteiger partial charge on any atom is -0.381 e. The molecule has 1 aliphatic rings. The van der Waals surface area contributed by atoms with Crippen LogP contribution < -0.4 is 0 Å². The molecule has 2 atom stereocenters. The Kier molecular flexibility index (Phi) is 7.32. The van der Waals surface area contributed by atoms with Gasteiger partial charge in [-0.3, -0.25) is 10.1 Å². The smallest absolute Gasteiger partial charge is 0.264 e. The lowest BCUT2D eigenvalue weighted by Gasteiger charge is -2.31. The number of ether oxygens (including phenoxy) is 1. The van der Waals surface area contributed by atoms with Gasteiger partial charge in [-0.2, -0.15) is 0 Å². The van der Waals surface area contributed by atoms with Gasteiger partial charge in [-0.25, -0.2) is 0 Å². The fraction of sp³-hybridized carbons (Fsp3) is 0.846. The van der Waals surface area contributed by atoms with E-state index in [4.69, 9.17) is 4.74 Å². The quantitative estimate of drug-likeness (QED) is 0.502. The van der Waals surface area contributed by atoms with Gasteiger partial charge in [-0.1, -0.05) is 0 Å². The summed E-state index contributed by atoms with van der Waals surface area (Å²) in [5, 5.41) is 11.3. The van der Waals surface area contributed by atoms with Crippen LogP contribution in [0.2, 0.25) is 0 Å². The number of nitrogens with zero attached hydrogens (tertiary/aromatic N) is 3. The highest BCUT2D eigenvalue weighted by molar-refractivity contribution is 8.02. The van der Waals surface area contributed by atoms with Crippen molar-refractivity contribution in [2.75, 3.05) is 46.7 Å². The molecule has 1 rings (SSSR count). The van der Waals surface area contributed by atoms with Crippen molar-refractivity contribution in [3.63, 3.8) is 0 Å². The normalized spacial score (nSPS) is 21.2. The van der Waals surface area contributed by atoms with E-state index >= 15 is 0 Å². The van der Waals surface area contributed by atoms with Gasteiger partial charge in [0.15, 0.2) is 0 Å². The summed E-state index contributed by atoms with van der Waals surface area (Å²) in [6.45, 7) is 5.66. The van der Waals surface area contributed by atoms with Gasteiger partial charge in [0, 0.05) is 32.8 Å². The molecule has 0 aromatic heterocycles. The molecule has 0 N–H and O–H groups in total. The maximum absolute atomic E-state index is 10.6. The standard InChI is InChI=1S/C13H25N3O3S/c1-11(14(2)8-12-5-6-19-10-12)7-15(3)13(20-4)9-16(17)18/h9,11-12H,5-8,10H2,1-4H3. The molecular weight excluding hydrogens is 278 g/mol. The zero-order chi connectivity index (χ0) is 15.1. The van der Waals surface area contributed by atoms with Gasteiger partial charge < -0.3 is 14.5 Å². The zero-order valence-corrected chi connectivity index (χ0v) is 13.6. The third kappa shape index (κ3) is 5.68. The number of likely N-dealkylation sites (N-methyl/N-ethyl adjacent to an activating group) is 2. The fourth-order valence-electron chi connectivity index (χ4n) is 2.34. The molecule has 7 heteroatoms. The molecule has 6 nitrogen and oxygen atoms in total. The third-order valence-corrected chi connectivity index (χ3v) is 4.50. The first-order valence-electron chi connectivity index (χ1n) is 6.82. The highest BCUT2D eigenvalue weighted by Crippen LogP contribution is 2.18. The van der Waals surface area contributed by atoms with Crippen molar-refractivity contribution < 1.29 is 9.66 Å². The highest BCUT2D eigenvalue weighted by Gasteiger charge is 2.21. The largest absolute Gasteiger partial charge is 0.381 e. The van der Waals surface area contributed by atoms with Crippen LogP contribution in [0.1, 0.15) is 13.3 Å². The van der Waals surface area contributed by atoms with Crippen LogP contribution in [0.5, 0.6) is 0 Å². The molecule has 1 saturated heterocycles. The Morgan fingerprint density at radius 2 is 2.30 bits per heavy atom. The van der Waals surface area contributed by atoms with Crippen molar-refractivity contribution in [2.45, 2.75) is 19.4 Å². The summed E-state index contributed by atoms with van der Waals surface area (Å²) >= 11 is 1.40. The summed E-state index contributed by atoms with van der Waals surface area (Å²) in [4.78, 5) is 14.4. The van der Waals surface area contributed by atoms with E-state index < -0.39 is 4.92 Å². The van der Waals surface area contributed by atoms with Crippen molar-refractivity contribution >= 4 is 11.8 Å². The Bertz CT molecular complexity index is 346. The summed E-state index contributed by atoms with van der Waals surface area (Å²) in [5.41, 5.74) is 0. The first-order valence-corrected chi connectivity index (χ1v) is 8.05. The summed E-state index contributed by atoms with van der Waals surface area (Å²) in [6.07, 6.45) is 4.06. The minimum absolute atomic E-state index is 0.336. The highest BCUT2D eigenvalue weighted by atomic mass is 32.2. The molecule has 0 amide bonds. The average Bonchev–Trinajstić information content (AvgIpc) is 2.88. The van der Waals surface area contributed by atoms with Gasteiger partial charge in [0.1, 0.15) is 5.03 Å². The van der Waals surface area contributed by atoms with Gasteiger partial charge in [-0.05, 0) is 32.6 Å². The molecule has 20 heavy (non-hydrogen) atoms. The van der Waals surface area contributed by atoms with E-state index in [2.05, 4.69) is 18.9 Å². The second kappa shape index (κ2) is 8.49. The van der Waals surface area contributed by atoms with Crippen LogP contribution in [-0.4, -0.2) is 67.4 Å². The summed E-state index contributed by atoms with van der Waals surface area (Å²) in [5.74, 6) is 0.613. The van der Waals surface area contributed by atoms with Gasteiger partial charge in [0.2, 0.25) is 0 Å². The molecule has 1 fully saturated rings. The molecule has 0 radical (unpaired) electrons. The van der Waals surface area contributed by atoms with Crippen LogP contribution >= 0.6 is 11.8 Å². The predicted octanol–water partition coefficient (Wildman–Crippen LogP) is 1.71. The number of nitro groups is 1. The van der Waals surface area contributed by atoms with Crippen molar-refractivity contribution in [3.05, 3.63) is 21.3 Å². The lowest BCUT2D eigenvalue weighted by molar-refractivity contribution is -0.403. The van der Waals surface area contributed by atoms with E-state index in [0.717, 1.165) is 38.9 Å². The molecule has 0 aromatic rings. The van der Waals surface area contributed by atoms with Crippen molar-refractivity contribution in [2.24, 2.45) is 5.92 Å². The second-order valence-corrected chi connectivity index (χ2v) is 6.18. The topological polar surface area (TPSA) is 58.9 Å². The average molecular weight is 303 g/mol. The summed E-state index contributed by atoms with van der Waals surface area (Å²) in [6, 6.07) is 0.336. The number of hydrogen-bond donors (Lipinski definition) is 0. The lowest BCUT2D eigenvalue weighted by atomic mass is 10.1.